The van der Waals surface area contributed by atoms with Crippen LogP contribution < -0.4 is 10.6 Å². The van der Waals surface area contributed by atoms with Gasteiger partial charge < -0.3 is 15.4 Å². The SMILES string of the molecule is CCOCCC1(CNC(=NC)NCc2nc(C(C)(C)C)cs2)CCCC1.I. The lowest BCUT2D eigenvalue weighted by Gasteiger charge is -2.30. The third-order valence-electron chi connectivity index (χ3n) is 5.23. The maximum atomic E-state index is 5.61. The van der Waals surface area contributed by atoms with Gasteiger partial charge in [-0.15, -0.1) is 35.3 Å². The molecular formula is C20H37IN4OS. The average molecular weight is 509 g/mol. The summed E-state index contributed by atoms with van der Waals surface area (Å²) in [4.78, 5) is 9.13. The number of thiazole rings is 1. The van der Waals surface area contributed by atoms with Gasteiger partial charge in [-0.3, -0.25) is 4.99 Å². The van der Waals surface area contributed by atoms with Gasteiger partial charge in [-0.05, 0) is 31.6 Å². The van der Waals surface area contributed by atoms with E-state index in [2.05, 4.69) is 48.7 Å². The first-order chi connectivity index (χ1) is 12.4. The standard InChI is InChI=1S/C20H36N4OS.HI/c1-6-25-12-11-20(9-7-8-10-20)15-23-18(21-5)22-13-17-24-16(14-26-17)19(2,3)4;/h14H,6-13,15H2,1-5H3,(H2,21,22,23);1H. The van der Waals surface area contributed by atoms with Crippen molar-refractivity contribution < 1.29 is 4.74 Å². The zero-order chi connectivity index (χ0) is 19.0. The maximum absolute atomic E-state index is 5.61. The quantitative estimate of drug-likeness (QED) is 0.231. The van der Waals surface area contributed by atoms with Crippen molar-refractivity contribution in [1.82, 2.24) is 15.6 Å². The van der Waals surface area contributed by atoms with E-state index in [1.807, 2.05) is 7.05 Å². The molecule has 0 bridgehead atoms. The van der Waals surface area contributed by atoms with Crippen molar-refractivity contribution in [3.05, 3.63) is 16.1 Å². The van der Waals surface area contributed by atoms with Crippen LogP contribution in [0.2, 0.25) is 0 Å². The van der Waals surface area contributed by atoms with Crippen LogP contribution in [0.15, 0.2) is 10.4 Å². The number of nitrogens with zero attached hydrogens (tertiary/aromatic N) is 2. The molecule has 5 nitrogen and oxygen atoms in total. The summed E-state index contributed by atoms with van der Waals surface area (Å²) >= 11 is 1.71. The largest absolute Gasteiger partial charge is 0.382 e. The second-order valence-corrected chi connectivity index (χ2v) is 9.25. The highest BCUT2D eigenvalue weighted by atomic mass is 127. The number of hydrogen-bond acceptors (Lipinski definition) is 4. The zero-order valence-electron chi connectivity index (χ0n) is 17.6. The fourth-order valence-corrected chi connectivity index (χ4v) is 4.42. The molecule has 156 valence electrons. The Morgan fingerprint density at radius 3 is 2.56 bits per heavy atom. The third-order valence-corrected chi connectivity index (χ3v) is 6.08. The molecule has 0 amide bonds. The Hall–Kier alpha value is -0.410. The molecule has 1 saturated carbocycles. The van der Waals surface area contributed by atoms with Gasteiger partial charge in [0, 0.05) is 37.6 Å². The molecule has 1 aromatic heterocycles. The van der Waals surface area contributed by atoms with E-state index in [4.69, 9.17) is 9.72 Å². The van der Waals surface area contributed by atoms with Crippen molar-refractivity contribution in [3.63, 3.8) is 0 Å². The smallest absolute Gasteiger partial charge is 0.191 e. The van der Waals surface area contributed by atoms with E-state index in [0.717, 1.165) is 42.8 Å². The van der Waals surface area contributed by atoms with E-state index in [1.165, 1.54) is 25.7 Å². The molecule has 0 radical (unpaired) electrons. The summed E-state index contributed by atoms with van der Waals surface area (Å²) in [6.45, 7) is 12.0. The summed E-state index contributed by atoms with van der Waals surface area (Å²) in [5, 5.41) is 10.2. The van der Waals surface area contributed by atoms with E-state index in [-0.39, 0.29) is 29.4 Å². The van der Waals surface area contributed by atoms with Crippen LogP contribution in [0, 0.1) is 5.41 Å². The van der Waals surface area contributed by atoms with Crippen molar-refractivity contribution in [2.24, 2.45) is 10.4 Å². The van der Waals surface area contributed by atoms with Gasteiger partial charge in [0.25, 0.3) is 0 Å². The molecule has 0 aliphatic heterocycles. The molecule has 2 rings (SSSR count). The normalized spacial score (nSPS) is 16.9. The summed E-state index contributed by atoms with van der Waals surface area (Å²) < 4.78 is 5.61. The number of guanidine groups is 1. The highest BCUT2D eigenvalue weighted by Crippen LogP contribution is 2.40. The lowest BCUT2D eigenvalue weighted by Crippen LogP contribution is -2.43. The molecule has 7 heteroatoms. The Bertz CT molecular complexity index is 577. The van der Waals surface area contributed by atoms with Gasteiger partial charge in [0.15, 0.2) is 5.96 Å². The fraction of sp³-hybridized carbons (Fsp3) is 0.800. The minimum absolute atomic E-state index is 0. The summed E-state index contributed by atoms with van der Waals surface area (Å²) in [5.41, 5.74) is 1.61. The second kappa shape index (κ2) is 11.6. The number of halogens is 1. The Morgan fingerprint density at radius 2 is 2.00 bits per heavy atom. The first-order valence-electron chi connectivity index (χ1n) is 9.86. The molecule has 1 aromatic rings. The van der Waals surface area contributed by atoms with Gasteiger partial charge in [0.2, 0.25) is 0 Å². The van der Waals surface area contributed by atoms with E-state index in [1.54, 1.807) is 11.3 Å². The third kappa shape index (κ3) is 7.85. The molecule has 1 aliphatic carbocycles. The fourth-order valence-electron chi connectivity index (χ4n) is 3.46. The molecule has 0 unspecified atom stereocenters. The summed E-state index contributed by atoms with van der Waals surface area (Å²) in [5.74, 6) is 0.861. The molecule has 2 N–H and O–H groups in total. The van der Waals surface area contributed by atoms with Crippen LogP contribution in [-0.2, 0) is 16.7 Å². The Labute approximate surface area is 186 Å². The molecule has 0 atom stereocenters. The van der Waals surface area contributed by atoms with Crippen molar-refractivity contribution in [2.45, 2.75) is 71.8 Å². The highest BCUT2D eigenvalue weighted by molar-refractivity contribution is 14.0. The van der Waals surface area contributed by atoms with Crippen LogP contribution in [0.3, 0.4) is 0 Å². The van der Waals surface area contributed by atoms with Crippen molar-refractivity contribution in [3.8, 4) is 0 Å². The molecular weight excluding hydrogens is 471 g/mol. The average Bonchev–Trinajstić information content (AvgIpc) is 3.25. The van der Waals surface area contributed by atoms with Gasteiger partial charge in [-0.25, -0.2) is 4.98 Å². The van der Waals surface area contributed by atoms with Crippen molar-refractivity contribution in [1.29, 1.82) is 0 Å². The summed E-state index contributed by atoms with van der Waals surface area (Å²) in [6.07, 6.45) is 6.35. The molecule has 0 saturated heterocycles. The predicted octanol–water partition coefficient (Wildman–Crippen LogP) is 4.71. The van der Waals surface area contributed by atoms with Gasteiger partial charge in [-0.1, -0.05) is 33.6 Å². The maximum Gasteiger partial charge on any atom is 0.191 e. The van der Waals surface area contributed by atoms with Crippen LogP contribution in [0.4, 0.5) is 0 Å². The Balaban J connectivity index is 0.00000364. The topological polar surface area (TPSA) is 58.5 Å². The highest BCUT2D eigenvalue weighted by Gasteiger charge is 2.33. The zero-order valence-corrected chi connectivity index (χ0v) is 20.7. The van der Waals surface area contributed by atoms with Gasteiger partial charge in [-0.2, -0.15) is 0 Å². The van der Waals surface area contributed by atoms with Crippen LogP contribution in [0.5, 0.6) is 0 Å². The molecule has 27 heavy (non-hydrogen) atoms. The number of rotatable bonds is 8. The van der Waals surface area contributed by atoms with E-state index in [9.17, 15) is 0 Å². The number of nitrogens with one attached hydrogen (secondary N) is 2. The van der Waals surface area contributed by atoms with Gasteiger partial charge in [0.05, 0.1) is 12.2 Å². The van der Waals surface area contributed by atoms with E-state index in [0.29, 0.717) is 12.0 Å². The van der Waals surface area contributed by atoms with Crippen LogP contribution >= 0.6 is 35.3 Å². The lowest BCUT2D eigenvalue weighted by atomic mass is 9.83. The van der Waals surface area contributed by atoms with Crippen molar-refractivity contribution >= 4 is 41.3 Å². The van der Waals surface area contributed by atoms with Crippen LogP contribution in [0.25, 0.3) is 0 Å². The molecule has 1 fully saturated rings. The first-order valence-corrected chi connectivity index (χ1v) is 10.7. The molecule has 0 aromatic carbocycles. The predicted molar refractivity (Wildman–Crippen MR) is 126 cm³/mol. The van der Waals surface area contributed by atoms with Gasteiger partial charge >= 0.3 is 0 Å². The number of aromatic nitrogens is 1. The lowest BCUT2D eigenvalue weighted by molar-refractivity contribution is 0.105. The monoisotopic (exact) mass is 508 g/mol. The minimum atomic E-state index is 0. The number of ether oxygens (including phenoxy) is 1. The van der Waals surface area contributed by atoms with E-state index >= 15 is 0 Å². The molecule has 1 aliphatic rings. The Morgan fingerprint density at radius 1 is 1.30 bits per heavy atom. The second-order valence-electron chi connectivity index (χ2n) is 8.31. The van der Waals surface area contributed by atoms with Gasteiger partial charge in [0.1, 0.15) is 5.01 Å². The number of hydrogen-bond donors (Lipinski definition) is 2. The minimum Gasteiger partial charge on any atom is -0.382 e. The van der Waals surface area contributed by atoms with Crippen molar-refractivity contribution in [2.75, 3.05) is 26.8 Å². The van der Waals surface area contributed by atoms with Crippen LogP contribution in [-0.4, -0.2) is 37.7 Å². The van der Waals surface area contributed by atoms with E-state index < -0.39 is 0 Å². The number of aliphatic imine (C=N–C) groups is 1. The summed E-state index contributed by atoms with van der Waals surface area (Å²) in [6, 6.07) is 0. The molecule has 0 spiro atoms. The van der Waals surface area contributed by atoms with Crippen LogP contribution in [0.1, 0.15) is 70.5 Å². The Kier molecular flexibility index (Phi) is 10.5. The summed E-state index contributed by atoms with van der Waals surface area (Å²) in [7, 11) is 1.83. The molecule has 1 heterocycles. The first kappa shape index (κ1) is 24.6.